The van der Waals surface area contributed by atoms with Gasteiger partial charge in [0.2, 0.25) is 16.8 Å². The topological polar surface area (TPSA) is 106 Å². The van der Waals surface area contributed by atoms with E-state index in [1.54, 1.807) is 50.4 Å². The third kappa shape index (κ3) is 5.69. The van der Waals surface area contributed by atoms with Gasteiger partial charge in [0.1, 0.15) is 0 Å². The van der Waals surface area contributed by atoms with E-state index in [9.17, 15) is 18.3 Å². The molecule has 0 fully saturated rings. The molecule has 0 saturated heterocycles. The number of amides is 1. The first-order chi connectivity index (χ1) is 16.2. The molecular formula is C24H32N2O7S. The number of methoxy groups -OCH3 is 1. The van der Waals surface area contributed by atoms with Crippen LogP contribution in [0.2, 0.25) is 0 Å². The van der Waals surface area contributed by atoms with E-state index in [1.807, 2.05) is 6.92 Å². The summed E-state index contributed by atoms with van der Waals surface area (Å²) in [6.07, 6.45) is -0.442. The van der Waals surface area contributed by atoms with E-state index in [1.165, 1.54) is 28.4 Å². The van der Waals surface area contributed by atoms with Crippen LogP contribution in [0.15, 0.2) is 53.4 Å². The van der Waals surface area contributed by atoms with Crippen LogP contribution < -0.4 is 9.47 Å². The Labute approximate surface area is 200 Å². The Morgan fingerprint density at radius 2 is 1.76 bits per heavy atom. The molecule has 1 amide bonds. The van der Waals surface area contributed by atoms with Crippen molar-refractivity contribution in [2.24, 2.45) is 5.92 Å². The Hall–Kier alpha value is -2.66. The molecule has 9 nitrogen and oxygen atoms in total. The number of benzene rings is 2. The summed E-state index contributed by atoms with van der Waals surface area (Å²) in [7, 11) is -0.631. The average molecular weight is 493 g/mol. The summed E-state index contributed by atoms with van der Waals surface area (Å²) in [4.78, 5) is 14.7. The number of rotatable bonds is 11. The molecule has 0 unspecified atom stereocenters. The summed E-state index contributed by atoms with van der Waals surface area (Å²) in [6.45, 7) is 3.69. The highest BCUT2D eigenvalue weighted by Crippen LogP contribution is 2.32. The van der Waals surface area contributed by atoms with Crippen molar-refractivity contribution >= 4 is 15.9 Å². The molecule has 0 radical (unpaired) electrons. The fourth-order valence-electron chi connectivity index (χ4n) is 3.82. The predicted octanol–water partition coefficient (Wildman–Crippen LogP) is 2.21. The summed E-state index contributed by atoms with van der Waals surface area (Å²) >= 11 is 0. The van der Waals surface area contributed by atoms with Crippen molar-refractivity contribution in [3.8, 4) is 11.5 Å². The van der Waals surface area contributed by atoms with Gasteiger partial charge >= 0.3 is 0 Å². The summed E-state index contributed by atoms with van der Waals surface area (Å²) in [5, 5.41) is 9.73. The molecule has 0 aliphatic carbocycles. The second-order valence-electron chi connectivity index (χ2n) is 8.42. The zero-order chi connectivity index (χ0) is 24.9. The number of ether oxygens (including phenoxy) is 3. The van der Waals surface area contributed by atoms with Crippen molar-refractivity contribution in [1.82, 2.24) is 9.21 Å². The molecular weight excluding hydrogens is 460 g/mol. The number of fused-ring (bicyclic) bond motifs is 1. The first kappa shape index (κ1) is 26.0. The molecule has 1 heterocycles. The van der Waals surface area contributed by atoms with E-state index in [4.69, 9.17) is 14.2 Å². The molecule has 0 aromatic heterocycles. The van der Waals surface area contributed by atoms with Gasteiger partial charge in [-0.3, -0.25) is 4.79 Å². The lowest BCUT2D eigenvalue weighted by atomic mass is 10.0. The lowest BCUT2D eigenvalue weighted by Crippen LogP contribution is -2.47. The Balaban J connectivity index is 1.72. The predicted molar refractivity (Wildman–Crippen MR) is 126 cm³/mol. The number of likely N-dealkylation sites (N-methyl/N-ethyl adjacent to an activating group) is 1. The number of hydrogen-bond donors (Lipinski definition) is 1. The number of carbonyl (C=O) groups excluding carboxylic acids is 1. The highest BCUT2D eigenvalue weighted by atomic mass is 32.2. The maximum atomic E-state index is 13.3. The second-order valence-corrected chi connectivity index (χ2v) is 10.3. The Morgan fingerprint density at radius 1 is 1.09 bits per heavy atom. The van der Waals surface area contributed by atoms with Gasteiger partial charge < -0.3 is 24.2 Å². The largest absolute Gasteiger partial charge is 0.454 e. The third-order valence-corrected chi connectivity index (χ3v) is 7.93. The molecule has 2 aromatic rings. The van der Waals surface area contributed by atoms with Crippen LogP contribution in [0.4, 0.5) is 0 Å². The fraction of sp³-hybridized carbons (Fsp3) is 0.458. The maximum Gasteiger partial charge on any atom is 0.253 e. The molecule has 0 spiro atoms. The molecule has 1 aliphatic heterocycles. The standard InChI is InChI=1S/C24H32N2O7S/c1-17(13-26(18(2)15-27)34(29,30)20-8-6-5-7-9-20)23(31-4)14-25(3)24(28)19-10-11-21-22(12-19)33-16-32-21/h5-12,17-18,23,27H,13-16H2,1-4H3/t17-,18+,23-/m1/s1. The van der Waals surface area contributed by atoms with Crippen molar-refractivity contribution in [1.29, 1.82) is 0 Å². The zero-order valence-corrected chi connectivity index (χ0v) is 20.7. The molecule has 1 N–H and O–H groups in total. The normalized spacial score (nSPS) is 15.7. The number of sulfonamides is 1. The minimum absolute atomic E-state index is 0.115. The van der Waals surface area contributed by atoms with E-state index in [0.29, 0.717) is 17.1 Å². The van der Waals surface area contributed by atoms with Gasteiger partial charge in [0, 0.05) is 38.9 Å². The highest BCUT2D eigenvalue weighted by molar-refractivity contribution is 7.89. The number of carbonyl (C=O) groups is 1. The Morgan fingerprint density at radius 3 is 2.41 bits per heavy atom. The summed E-state index contributed by atoms with van der Waals surface area (Å²) < 4.78 is 44.1. The first-order valence-electron chi connectivity index (χ1n) is 11.0. The SMILES string of the molecule is CO[C@H](CN(C)C(=O)c1ccc2c(c1)OCO2)[C@H](C)CN([C@@H](C)CO)S(=O)(=O)c1ccccc1. The van der Waals surface area contributed by atoms with Crippen LogP contribution in [0.25, 0.3) is 0 Å². The molecule has 1 aliphatic rings. The van der Waals surface area contributed by atoms with Crippen molar-refractivity contribution in [2.75, 3.05) is 40.6 Å². The third-order valence-electron chi connectivity index (χ3n) is 5.93. The van der Waals surface area contributed by atoms with E-state index in [2.05, 4.69) is 0 Å². The van der Waals surface area contributed by atoms with Crippen LogP contribution in [-0.2, 0) is 14.8 Å². The number of hydrogen-bond acceptors (Lipinski definition) is 7. The summed E-state index contributed by atoms with van der Waals surface area (Å²) in [6, 6.07) is 12.5. The lowest BCUT2D eigenvalue weighted by molar-refractivity contribution is 0.0221. The van der Waals surface area contributed by atoms with Crippen molar-refractivity contribution < 1.29 is 32.5 Å². The summed E-state index contributed by atoms with van der Waals surface area (Å²) in [5.41, 5.74) is 0.455. The van der Waals surface area contributed by atoms with Gasteiger partial charge in [0.05, 0.1) is 17.6 Å². The molecule has 10 heteroatoms. The monoisotopic (exact) mass is 492 g/mol. The Kier molecular flexibility index (Phi) is 8.53. The van der Waals surface area contributed by atoms with Crippen molar-refractivity contribution in [2.45, 2.75) is 30.9 Å². The number of aliphatic hydroxyl groups is 1. The van der Waals surface area contributed by atoms with Crippen LogP contribution in [0.1, 0.15) is 24.2 Å². The average Bonchev–Trinajstić information content (AvgIpc) is 3.33. The molecule has 0 bridgehead atoms. The van der Waals surface area contributed by atoms with E-state index in [0.717, 1.165) is 0 Å². The molecule has 3 rings (SSSR count). The van der Waals surface area contributed by atoms with Gasteiger partial charge in [0.15, 0.2) is 11.5 Å². The highest BCUT2D eigenvalue weighted by Gasteiger charge is 2.33. The molecule has 186 valence electrons. The first-order valence-corrected chi connectivity index (χ1v) is 12.5. The minimum Gasteiger partial charge on any atom is -0.454 e. The summed E-state index contributed by atoms with van der Waals surface area (Å²) in [5.74, 6) is 0.630. The molecule has 3 atom stereocenters. The van der Waals surface area contributed by atoms with Gasteiger partial charge in [-0.2, -0.15) is 4.31 Å². The number of aliphatic hydroxyl groups excluding tert-OH is 1. The zero-order valence-electron chi connectivity index (χ0n) is 19.9. The van der Waals surface area contributed by atoms with Crippen LogP contribution in [0.5, 0.6) is 11.5 Å². The quantitative estimate of drug-likeness (QED) is 0.513. The van der Waals surface area contributed by atoms with Crippen molar-refractivity contribution in [3.05, 3.63) is 54.1 Å². The fourth-order valence-corrected chi connectivity index (χ4v) is 5.57. The van der Waals surface area contributed by atoms with E-state index in [-0.39, 0.29) is 43.2 Å². The second kappa shape index (κ2) is 11.2. The number of nitrogens with zero attached hydrogens (tertiary/aromatic N) is 2. The van der Waals surface area contributed by atoms with Gasteiger partial charge in [0.25, 0.3) is 5.91 Å². The molecule has 2 aromatic carbocycles. The van der Waals surface area contributed by atoms with Crippen molar-refractivity contribution in [3.63, 3.8) is 0 Å². The lowest BCUT2D eigenvalue weighted by Gasteiger charge is -2.33. The Bertz CT molecular complexity index is 1080. The van der Waals surface area contributed by atoms with E-state index < -0.39 is 22.2 Å². The van der Waals surface area contributed by atoms with Crippen LogP contribution >= 0.6 is 0 Å². The van der Waals surface area contributed by atoms with Gasteiger partial charge in [-0.1, -0.05) is 25.1 Å². The minimum atomic E-state index is -3.83. The van der Waals surface area contributed by atoms with Crippen LogP contribution in [0, 0.1) is 5.92 Å². The molecule has 0 saturated carbocycles. The maximum absolute atomic E-state index is 13.3. The van der Waals surface area contributed by atoms with E-state index >= 15 is 0 Å². The molecule has 34 heavy (non-hydrogen) atoms. The van der Waals surface area contributed by atoms with Gasteiger partial charge in [-0.25, -0.2) is 8.42 Å². The van der Waals surface area contributed by atoms with Crippen LogP contribution in [-0.4, -0.2) is 81.4 Å². The smallest absolute Gasteiger partial charge is 0.253 e. The van der Waals surface area contributed by atoms with Crippen LogP contribution in [0.3, 0.4) is 0 Å². The van der Waals surface area contributed by atoms with Gasteiger partial charge in [-0.15, -0.1) is 0 Å². The van der Waals surface area contributed by atoms with Gasteiger partial charge in [-0.05, 0) is 43.2 Å².